The van der Waals surface area contributed by atoms with Gasteiger partial charge in [-0.1, -0.05) is 69.3 Å². The van der Waals surface area contributed by atoms with Gasteiger partial charge in [-0.2, -0.15) is 0 Å². The molecule has 0 fully saturated rings. The Morgan fingerprint density at radius 3 is 2.03 bits per heavy atom. The van der Waals surface area contributed by atoms with E-state index < -0.39 is 0 Å². The van der Waals surface area contributed by atoms with Crippen molar-refractivity contribution in [3.63, 3.8) is 0 Å². The van der Waals surface area contributed by atoms with Crippen LogP contribution >= 0.6 is 0 Å². The predicted molar refractivity (Wildman–Crippen MR) is 135 cm³/mol. The Kier molecular flexibility index (Phi) is 4.06. The second kappa shape index (κ2) is 6.86. The maximum atomic E-state index is 4.70. The zero-order chi connectivity index (χ0) is 21.9. The fourth-order valence-corrected chi connectivity index (χ4v) is 4.84. The zero-order valence-corrected chi connectivity index (χ0v) is 18.6. The summed E-state index contributed by atoms with van der Waals surface area (Å²) in [6, 6.07) is 26.4. The van der Waals surface area contributed by atoms with Crippen LogP contribution in [0.15, 0.2) is 91.4 Å². The molecule has 4 aromatic carbocycles. The normalized spacial score (nSPS) is 12.2. The van der Waals surface area contributed by atoms with Crippen molar-refractivity contribution in [1.29, 1.82) is 0 Å². The van der Waals surface area contributed by atoms with E-state index in [1.165, 1.54) is 43.4 Å². The van der Waals surface area contributed by atoms with Crippen LogP contribution in [0.3, 0.4) is 0 Å². The van der Waals surface area contributed by atoms with Gasteiger partial charge in [0.1, 0.15) is 0 Å². The summed E-state index contributed by atoms with van der Waals surface area (Å²) in [5, 5.41) is 7.72. The number of hydrogen-bond donors (Lipinski definition) is 0. The summed E-state index contributed by atoms with van der Waals surface area (Å²) in [5.41, 5.74) is 5.93. The van der Waals surface area contributed by atoms with Crippen LogP contribution in [0.25, 0.3) is 54.7 Å². The third-order valence-corrected chi connectivity index (χ3v) is 6.50. The first-order chi connectivity index (χ1) is 15.5. The summed E-state index contributed by atoms with van der Waals surface area (Å²) in [4.78, 5) is 9.09. The summed E-state index contributed by atoms with van der Waals surface area (Å²) in [6.45, 7) is 6.83. The van der Waals surface area contributed by atoms with Crippen LogP contribution in [-0.2, 0) is 5.41 Å². The van der Waals surface area contributed by atoms with E-state index in [-0.39, 0.29) is 5.41 Å². The van der Waals surface area contributed by atoms with Crippen molar-refractivity contribution in [3.8, 4) is 22.4 Å². The molecule has 0 saturated heterocycles. The Balaban J connectivity index is 1.80. The van der Waals surface area contributed by atoms with Gasteiger partial charge in [0.2, 0.25) is 0 Å². The molecule has 0 bridgehead atoms. The molecule has 0 unspecified atom stereocenters. The number of aromatic nitrogens is 2. The van der Waals surface area contributed by atoms with Gasteiger partial charge in [-0.25, -0.2) is 0 Å². The summed E-state index contributed by atoms with van der Waals surface area (Å²) >= 11 is 0. The second-order valence-electron chi connectivity index (χ2n) is 9.58. The van der Waals surface area contributed by atoms with Crippen LogP contribution in [0.2, 0.25) is 0 Å². The number of nitrogens with zero attached hydrogens (tertiary/aromatic N) is 2. The summed E-state index contributed by atoms with van der Waals surface area (Å²) in [6.07, 6.45) is 5.64. The molecule has 6 rings (SSSR count). The monoisotopic (exact) mass is 412 g/mol. The first kappa shape index (κ1) is 18.9. The molecule has 32 heavy (non-hydrogen) atoms. The first-order valence-corrected chi connectivity index (χ1v) is 11.1. The van der Waals surface area contributed by atoms with Crippen LogP contribution in [-0.4, -0.2) is 9.97 Å². The maximum absolute atomic E-state index is 4.70. The van der Waals surface area contributed by atoms with Gasteiger partial charge in [0.25, 0.3) is 0 Å². The molecule has 154 valence electrons. The molecule has 2 aromatic heterocycles. The molecule has 0 radical (unpaired) electrons. The highest BCUT2D eigenvalue weighted by Gasteiger charge is 2.20. The highest BCUT2D eigenvalue weighted by molar-refractivity contribution is 6.28. The van der Waals surface area contributed by atoms with Crippen molar-refractivity contribution >= 4 is 32.3 Å². The number of rotatable bonds is 2. The van der Waals surface area contributed by atoms with Gasteiger partial charge in [-0.15, -0.1) is 0 Å². The summed E-state index contributed by atoms with van der Waals surface area (Å²) in [7, 11) is 0. The molecule has 0 aliphatic rings. The van der Waals surface area contributed by atoms with Gasteiger partial charge in [-0.3, -0.25) is 9.97 Å². The first-order valence-electron chi connectivity index (χ1n) is 11.1. The van der Waals surface area contributed by atoms with Crippen LogP contribution in [0.4, 0.5) is 0 Å². The molecule has 0 saturated carbocycles. The van der Waals surface area contributed by atoms with E-state index in [1.54, 1.807) is 0 Å². The minimum absolute atomic E-state index is 0.102. The molecule has 0 N–H and O–H groups in total. The average Bonchev–Trinajstić information content (AvgIpc) is 2.82. The van der Waals surface area contributed by atoms with Crippen molar-refractivity contribution in [3.05, 3.63) is 97.0 Å². The van der Waals surface area contributed by atoms with Crippen LogP contribution in [0, 0.1) is 0 Å². The molecule has 2 nitrogen and oxygen atoms in total. The lowest BCUT2D eigenvalue weighted by Crippen LogP contribution is -2.10. The van der Waals surface area contributed by atoms with E-state index >= 15 is 0 Å². The zero-order valence-electron chi connectivity index (χ0n) is 18.6. The molecule has 0 aliphatic carbocycles. The topological polar surface area (TPSA) is 25.8 Å². The largest absolute Gasteiger partial charge is 0.264 e. The van der Waals surface area contributed by atoms with E-state index in [9.17, 15) is 0 Å². The van der Waals surface area contributed by atoms with Crippen molar-refractivity contribution in [2.24, 2.45) is 0 Å². The van der Waals surface area contributed by atoms with Gasteiger partial charge in [0.15, 0.2) is 0 Å². The van der Waals surface area contributed by atoms with Crippen LogP contribution in [0.5, 0.6) is 0 Å². The molecule has 2 heterocycles. The standard InChI is InChI=1S/C30H24N2/c1-30(2,3)22-15-19-9-11-23-25(21-7-6-13-31-18-21)17-26(27-8-4-5-14-32-27)24-12-10-20(16-22)28(19)29(23)24/h4-18H,1-3H3. The number of benzene rings is 4. The van der Waals surface area contributed by atoms with Crippen molar-refractivity contribution in [2.45, 2.75) is 26.2 Å². The molecule has 2 heteroatoms. The summed E-state index contributed by atoms with van der Waals surface area (Å²) in [5.74, 6) is 0. The summed E-state index contributed by atoms with van der Waals surface area (Å²) < 4.78 is 0. The Hall–Kier alpha value is -3.78. The number of pyridine rings is 2. The highest BCUT2D eigenvalue weighted by Crippen LogP contribution is 2.44. The third-order valence-electron chi connectivity index (χ3n) is 6.50. The van der Waals surface area contributed by atoms with E-state index in [2.05, 4.69) is 86.4 Å². The highest BCUT2D eigenvalue weighted by atomic mass is 14.7. The Morgan fingerprint density at radius 1 is 0.656 bits per heavy atom. The minimum atomic E-state index is 0.102. The van der Waals surface area contributed by atoms with Gasteiger partial charge in [0, 0.05) is 29.7 Å². The fourth-order valence-electron chi connectivity index (χ4n) is 4.84. The fraction of sp³-hybridized carbons (Fsp3) is 0.133. The average molecular weight is 413 g/mol. The second-order valence-corrected chi connectivity index (χ2v) is 9.58. The van der Waals surface area contributed by atoms with Crippen LogP contribution in [0.1, 0.15) is 26.3 Å². The lowest BCUT2D eigenvalue weighted by Gasteiger charge is -2.22. The molecule has 0 aliphatic heterocycles. The van der Waals surface area contributed by atoms with Gasteiger partial charge in [0.05, 0.1) is 5.69 Å². The number of hydrogen-bond acceptors (Lipinski definition) is 2. The van der Waals surface area contributed by atoms with Crippen LogP contribution < -0.4 is 0 Å². The third kappa shape index (κ3) is 2.87. The molecule has 0 atom stereocenters. The van der Waals surface area contributed by atoms with Crippen molar-refractivity contribution < 1.29 is 0 Å². The van der Waals surface area contributed by atoms with Crippen molar-refractivity contribution in [2.75, 3.05) is 0 Å². The maximum Gasteiger partial charge on any atom is 0.0708 e. The van der Waals surface area contributed by atoms with Gasteiger partial charge in [-0.05, 0) is 73.1 Å². The van der Waals surface area contributed by atoms with E-state index in [0.717, 1.165) is 16.8 Å². The van der Waals surface area contributed by atoms with Gasteiger partial charge < -0.3 is 0 Å². The van der Waals surface area contributed by atoms with E-state index in [4.69, 9.17) is 4.98 Å². The SMILES string of the molecule is CC(C)(C)c1cc2ccc3c(-c4cccnc4)cc(-c4ccccn4)c4ccc(c1)c2c34. The quantitative estimate of drug-likeness (QED) is 0.269. The van der Waals surface area contributed by atoms with Gasteiger partial charge >= 0.3 is 0 Å². The molecular weight excluding hydrogens is 388 g/mol. The minimum Gasteiger partial charge on any atom is -0.264 e. The Labute approximate surface area is 187 Å². The molecular formula is C30H24N2. The van der Waals surface area contributed by atoms with Crippen molar-refractivity contribution in [1.82, 2.24) is 9.97 Å². The molecule has 6 aromatic rings. The van der Waals surface area contributed by atoms with E-state index in [1.807, 2.05) is 30.7 Å². The molecule has 0 spiro atoms. The molecule has 0 amide bonds. The Bertz CT molecular complexity index is 1470. The van der Waals surface area contributed by atoms with E-state index in [0.29, 0.717) is 0 Å². The lowest BCUT2D eigenvalue weighted by molar-refractivity contribution is 0.591. The smallest absolute Gasteiger partial charge is 0.0708 e. The Morgan fingerprint density at radius 2 is 1.41 bits per heavy atom. The lowest BCUT2D eigenvalue weighted by atomic mass is 9.82. The predicted octanol–water partition coefficient (Wildman–Crippen LogP) is 8.01.